The van der Waals surface area contributed by atoms with Crippen molar-refractivity contribution in [3.8, 4) is 0 Å². The van der Waals surface area contributed by atoms with E-state index in [1.165, 1.54) is 6.08 Å². The van der Waals surface area contributed by atoms with Gasteiger partial charge in [0.25, 0.3) is 9.05 Å². The summed E-state index contributed by atoms with van der Waals surface area (Å²) in [6.07, 6.45) is 1.34. The normalized spacial score (nSPS) is 16.6. The number of hydrogen-bond donors (Lipinski definition) is 1. The van der Waals surface area contributed by atoms with Gasteiger partial charge in [-0.1, -0.05) is 6.08 Å². The van der Waals surface area contributed by atoms with Crippen LogP contribution >= 0.6 is 0 Å². The molecule has 9 heavy (non-hydrogen) atoms. The van der Waals surface area contributed by atoms with E-state index in [1.807, 2.05) is 0 Å². The fourth-order valence-electron chi connectivity index (χ4n) is 0.153. The van der Waals surface area contributed by atoms with Gasteiger partial charge >= 0.3 is 0 Å². The van der Waals surface area contributed by atoms with Crippen molar-refractivity contribution in [2.45, 2.75) is 0 Å². The molecule has 0 rings (SSSR count). The molecule has 0 amide bonds. The van der Waals surface area contributed by atoms with Crippen molar-refractivity contribution in [2.24, 2.45) is 0 Å². The fourth-order valence-corrected chi connectivity index (χ4v) is 0.626. The van der Waals surface area contributed by atoms with Gasteiger partial charge in [0.1, 0.15) is 0 Å². The molecule has 0 saturated heterocycles. The van der Waals surface area contributed by atoms with Crippen LogP contribution in [0.15, 0.2) is 12.7 Å². The average molecular weight is 170 g/mol. The van der Waals surface area contributed by atoms with Crippen molar-refractivity contribution in [1.82, 2.24) is 0 Å². The number of rotatable bonds is 4. The van der Waals surface area contributed by atoms with Gasteiger partial charge in [-0.05, 0) is 0 Å². The van der Waals surface area contributed by atoms with Gasteiger partial charge in [-0.15, -0.1) is 10.9 Å². The Balaban J connectivity index is 3.74. The van der Waals surface area contributed by atoms with Crippen molar-refractivity contribution in [3.63, 3.8) is 0 Å². The first kappa shape index (κ1) is 8.99. The van der Waals surface area contributed by atoms with E-state index in [4.69, 9.17) is 5.26 Å². The quantitative estimate of drug-likeness (QED) is 0.372. The molecule has 0 spiro atoms. The molecule has 0 aromatic heterocycles. The maximum Gasteiger partial charge on any atom is 0.296 e. The van der Waals surface area contributed by atoms with Crippen molar-refractivity contribution in [3.05, 3.63) is 12.7 Å². The number of hydrogen-bond acceptors (Lipinski definition) is 5. The zero-order chi connectivity index (χ0) is 7.33. The summed E-state index contributed by atoms with van der Waals surface area (Å²) in [4.78, 5) is 0. The Morgan fingerprint density at radius 1 is 1.89 bits per heavy atom. The molecule has 0 saturated carbocycles. The smallest absolute Gasteiger partial charge is 0.264 e. The Labute approximate surface area is 58.1 Å². The molecular formula is C3H6O4S2. The highest BCUT2D eigenvalue weighted by atomic mass is 32.9. The highest BCUT2D eigenvalue weighted by Crippen LogP contribution is 1.92. The van der Waals surface area contributed by atoms with Crippen LogP contribution in [-0.2, 0) is 28.8 Å². The largest absolute Gasteiger partial charge is 0.296 e. The van der Waals surface area contributed by atoms with E-state index in [1.54, 1.807) is 0 Å². The fraction of sp³-hybridized carbons (Fsp3) is 0.333. The molecule has 1 N–H and O–H groups in total. The van der Waals surface area contributed by atoms with E-state index in [2.05, 4.69) is 26.3 Å². The maximum absolute atomic E-state index is 10.4. The molecule has 1 unspecified atom stereocenters. The van der Waals surface area contributed by atoms with Crippen LogP contribution in [0, 0.1) is 0 Å². The summed E-state index contributed by atoms with van der Waals surface area (Å²) in [6, 6.07) is 0. The zero-order valence-electron chi connectivity index (χ0n) is 4.48. The van der Waals surface area contributed by atoms with E-state index in [0.29, 0.717) is 0 Å². The monoisotopic (exact) mass is 170 g/mol. The van der Waals surface area contributed by atoms with E-state index < -0.39 is 9.05 Å². The summed E-state index contributed by atoms with van der Waals surface area (Å²) in [6.45, 7) is 3.25. The molecule has 0 aromatic carbocycles. The molecule has 0 aliphatic heterocycles. The molecule has 1 atom stereocenters. The highest BCUT2D eigenvalue weighted by Gasteiger charge is 2.02. The van der Waals surface area contributed by atoms with Gasteiger partial charge < -0.3 is 0 Å². The molecule has 6 heteroatoms. The lowest BCUT2D eigenvalue weighted by atomic mass is 10.7. The third-order valence-corrected chi connectivity index (χ3v) is 1.50. The predicted octanol–water partition coefficient (Wildman–Crippen LogP) is 0.255. The standard InChI is InChI=1S/C3H6O4S2/c1-2-3-6-9(5,8)7-4/h2,4H,1,3H2. The van der Waals surface area contributed by atoms with Gasteiger partial charge in [0.2, 0.25) is 0 Å². The minimum Gasteiger partial charge on any atom is -0.264 e. The third kappa shape index (κ3) is 4.49. The second-order valence-corrected chi connectivity index (χ2v) is 3.48. The van der Waals surface area contributed by atoms with Crippen molar-refractivity contribution in [1.29, 1.82) is 0 Å². The highest BCUT2D eigenvalue weighted by molar-refractivity contribution is 8.27. The predicted molar refractivity (Wildman–Crippen MR) is 35.4 cm³/mol. The summed E-state index contributed by atoms with van der Waals surface area (Å²) in [5.74, 6) is 0. The molecular weight excluding hydrogens is 164 g/mol. The molecule has 0 fully saturated rings. The van der Waals surface area contributed by atoms with Crippen LogP contribution in [0.25, 0.3) is 0 Å². The summed E-state index contributed by atoms with van der Waals surface area (Å²) < 4.78 is 18.0. The van der Waals surface area contributed by atoms with E-state index in [9.17, 15) is 4.21 Å². The lowest BCUT2D eigenvalue weighted by molar-refractivity contribution is -0.134. The zero-order valence-corrected chi connectivity index (χ0v) is 6.11. The average Bonchev–Trinajstić information content (AvgIpc) is 1.84. The first-order valence-corrected chi connectivity index (χ1v) is 4.29. The van der Waals surface area contributed by atoms with Crippen LogP contribution in [0.2, 0.25) is 0 Å². The maximum atomic E-state index is 10.4. The Morgan fingerprint density at radius 3 is 2.78 bits per heavy atom. The first-order chi connectivity index (χ1) is 4.12. The summed E-state index contributed by atoms with van der Waals surface area (Å²) in [5.41, 5.74) is 0. The molecule has 0 bridgehead atoms. The van der Waals surface area contributed by atoms with Crippen LogP contribution in [0.1, 0.15) is 0 Å². The SMILES string of the molecule is C=CCOS(=O)(=S)OO. The summed E-state index contributed by atoms with van der Waals surface area (Å²) in [7, 11) is -3.36. The van der Waals surface area contributed by atoms with Gasteiger partial charge in [-0.2, -0.15) is 4.21 Å². The van der Waals surface area contributed by atoms with Gasteiger partial charge in [-0.25, -0.2) is 5.26 Å². The second-order valence-electron chi connectivity index (χ2n) is 1.06. The molecule has 54 valence electrons. The molecule has 4 nitrogen and oxygen atoms in total. The van der Waals surface area contributed by atoms with Crippen LogP contribution in [0.3, 0.4) is 0 Å². The Kier molecular flexibility index (Phi) is 3.91. The van der Waals surface area contributed by atoms with E-state index >= 15 is 0 Å². The molecule has 0 aromatic rings. The molecule has 0 aliphatic carbocycles. The van der Waals surface area contributed by atoms with Gasteiger partial charge in [-0.3, -0.25) is 4.18 Å². The van der Waals surface area contributed by atoms with Gasteiger partial charge in [0.05, 0.1) is 6.61 Å². The van der Waals surface area contributed by atoms with Crippen molar-refractivity contribution < 1.29 is 18.0 Å². The van der Waals surface area contributed by atoms with Crippen molar-refractivity contribution >= 4 is 20.2 Å². The van der Waals surface area contributed by atoms with Crippen molar-refractivity contribution in [2.75, 3.05) is 6.61 Å². The minimum atomic E-state index is -3.36. The Hall–Kier alpha value is -0.0100. The van der Waals surface area contributed by atoms with E-state index in [-0.39, 0.29) is 6.61 Å². The molecule has 0 radical (unpaired) electrons. The van der Waals surface area contributed by atoms with E-state index in [0.717, 1.165) is 0 Å². The third-order valence-electron chi connectivity index (χ3n) is 0.422. The minimum absolute atomic E-state index is 0.0110. The lowest BCUT2D eigenvalue weighted by Gasteiger charge is -1.98. The van der Waals surface area contributed by atoms with Crippen LogP contribution in [0.4, 0.5) is 0 Å². The van der Waals surface area contributed by atoms with Gasteiger partial charge in [0, 0.05) is 11.2 Å². The topological polar surface area (TPSA) is 55.8 Å². The van der Waals surface area contributed by atoms with Gasteiger partial charge in [0.15, 0.2) is 0 Å². The second kappa shape index (κ2) is 3.91. The molecule has 0 heterocycles. The van der Waals surface area contributed by atoms with Crippen LogP contribution < -0.4 is 0 Å². The lowest BCUT2D eigenvalue weighted by Crippen LogP contribution is -2.05. The summed E-state index contributed by atoms with van der Waals surface area (Å²) in [5, 5.41) is 7.78. The molecule has 0 aliphatic rings. The first-order valence-electron chi connectivity index (χ1n) is 1.95. The summed E-state index contributed by atoms with van der Waals surface area (Å²) >= 11 is 4.10. The van der Waals surface area contributed by atoms with Crippen LogP contribution in [0.5, 0.6) is 0 Å². The Morgan fingerprint density at radius 2 is 2.44 bits per heavy atom. The van der Waals surface area contributed by atoms with Crippen LogP contribution in [-0.4, -0.2) is 16.1 Å². The Bertz CT molecular complexity index is 170.